The third kappa shape index (κ3) is 6.38. The first-order valence-electron chi connectivity index (χ1n) is 4.09. The highest BCUT2D eigenvalue weighted by Gasteiger charge is 2.09. The van der Waals surface area contributed by atoms with E-state index in [1.54, 1.807) is 11.9 Å². The van der Waals surface area contributed by atoms with Crippen LogP contribution < -0.4 is 5.32 Å². The molecular formula is C8H14ClN3O. The molecule has 0 aromatic carbocycles. The zero-order chi connectivity index (χ0) is 10.3. The van der Waals surface area contributed by atoms with Gasteiger partial charge in [0.2, 0.25) is 5.91 Å². The highest BCUT2D eigenvalue weighted by molar-refractivity contribution is 6.22. The van der Waals surface area contributed by atoms with E-state index in [-0.39, 0.29) is 12.5 Å². The van der Waals surface area contributed by atoms with Crippen molar-refractivity contribution >= 4 is 17.5 Å². The van der Waals surface area contributed by atoms with Gasteiger partial charge in [0.15, 0.2) is 0 Å². The molecule has 0 aromatic heterocycles. The van der Waals surface area contributed by atoms with Crippen LogP contribution in [0.4, 0.5) is 0 Å². The molecule has 0 fully saturated rings. The monoisotopic (exact) mass is 203 g/mol. The van der Waals surface area contributed by atoms with Gasteiger partial charge in [0.1, 0.15) is 5.38 Å². The molecule has 0 radical (unpaired) electrons. The summed E-state index contributed by atoms with van der Waals surface area (Å²) in [5.41, 5.74) is 0. The lowest BCUT2D eigenvalue weighted by atomic mass is 10.4. The maximum atomic E-state index is 11.0. The van der Waals surface area contributed by atoms with E-state index in [0.29, 0.717) is 13.1 Å². The van der Waals surface area contributed by atoms with E-state index in [9.17, 15) is 4.79 Å². The summed E-state index contributed by atoms with van der Waals surface area (Å²) in [7, 11) is 1.75. The lowest BCUT2D eigenvalue weighted by molar-refractivity contribution is -0.121. The van der Waals surface area contributed by atoms with Crippen LogP contribution in [0.5, 0.6) is 0 Å². The second-order valence-corrected chi connectivity index (χ2v) is 3.27. The fraction of sp³-hybridized carbons (Fsp3) is 0.750. The van der Waals surface area contributed by atoms with Crippen molar-refractivity contribution in [2.24, 2.45) is 0 Å². The lowest BCUT2D eigenvalue weighted by Crippen LogP contribution is -2.37. The molecule has 0 aliphatic heterocycles. The Bertz CT molecular complexity index is 202. The molecule has 1 atom stereocenters. The number of hydrogen-bond donors (Lipinski definition) is 1. The van der Waals surface area contributed by atoms with Crippen molar-refractivity contribution < 1.29 is 4.79 Å². The second kappa shape index (κ2) is 6.70. The zero-order valence-electron chi connectivity index (χ0n) is 7.88. The molecule has 0 aromatic rings. The average Bonchev–Trinajstić information content (AvgIpc) is 2.04. The Kier molecular flexibility index (Phi) is 6.29. The van der Waals surface area contributed by atoms with Crippen molar-refractivity contribution in [3.05, 3.63) is 0 Å². The van der Waals surface area contributed by atoms with Crippen LogP contribution in [0, 0.1) is 11.3 Å². The third-order valence-corrected chi connectivity index (χ3v) is 1.64. The molecule has 1 N–H and O–H groups in total. The second-order valence-electron chi connectivity index (χ2n) is 2.75. The fourth-order valence-electron chi connectivity index (χ4n) is 0.877. The van der Waals surface area contributed by atoms with E-state index in [0.717, 1.165) is 0 Å². The minimum Gasteiger partial charge on any atom is -0.355 e. The van der Waals surface area contributed by atoms with Gasteiger partial charge < -0.3 is 5.32 Å². The molecule has 1 amide bonds. The van der Waals surface area contributed by atoms with Crippen LogP contribution in [0.2, 0.25) is 0 Å². The van der Waals surface area contributed by atoms with Crippen molar-refractivity contribution in [2.75, 3.05) is 26.7 Å². The van der Waals surface area contributed by atoms with E-state index in [2.05, 4.69) is 5.32 Å². The molecule has 13 heavy (non-hydrogen) atoms. The van der Waals surface area contributed by atoms with Crippen LogP contribution >= 0.6 is 11.6 Å². The van der Waals surface area contributed by atoms with Crippen molar-refractivity contribution in [3.8, 4) is 6.07 Å². The van der Waals surface area contributed by atoms with E-state index >= 15 is 0 Å². The molecule has 74 valence electrons. The van der Waals surface area contributed by atoms with Crippen molar-refractivity contribution in [3.63, 3.8) is 0 Å². The highest BCUT2D eigenvalue weighted by Crippen LogP contribution is 1.95. The van der Waals surface area contributed by atoms with E-state index in [1.807, 2.05) is 13.0 Å². The van der Waals surface area contributed by atoms with Gasteiger partial charge in [-0.25, -0.2) is 0 Å². The minimum absolute atomic E-state index is 0.0493. The number of alkyl halides is 1. The summed E-state index contributed by atoms with van der Waals surface area (Å²) in [5.74, 6) is -0.0493. The Balaban J connectivity index is 3.68. The lowest BCUT2D eigenvalue weighted by Gasteiger charge is -2.15. The molecule has 0 saturated heterocycles. The first kappa shape index (κ1) is 12.2. The van der Waals surface area contributed by atoms with Gasteiger partial charge in [0.25, 0.3) is 0 Å². The number of carbonyl (C=O) groups excluding carboxylic acids is 1. The summed E-state index contributed by atoms with van der Waals surface area (Å²) in [6.07, 6.45) is 0. The normalized spacial score (nSPS) is 12.2. The SMILES string of the molecule is CCNC(=O)CN(C)CC(Cl)C#N. The molecule has 5 heteroatoms. The van der Waals surface area contributed by atoms with Gasteiger partial charge in [-0.3, -0.25) is 9.69 Å². The van der Waals surface area contributed by atoms with Crippen LogP contribution in [0.25, 0.3) is 0 Å². The molecule has 4 nitrogen and oxygen atoms in total. The Labute approximate surface area is 83.5 Å². The maximum Gasteiger partial charge on any atom is 0.234 e. The molecule has 0 spiro atoms. The number of nitrogens with one attached hydrogen (secondary N) is 1. The van der Waals surface area contributed by atoms with Crippen LogP contribution in [0.1, 0.15) is 6.92 Å². The summed E-state index contributed by atoms with van der Waals surface area (Å²) < 4.78 is 0. The summed E-state index contributed by atoms with van der Waals surface area (Å²) in [4.78, 5) is 12.8. The Morgan fingerprint density at radius 1 is 1.77 bits per heavy atom. The van der Waals surface area contributed by atoms with Gasteiger partial charge in [-0.05, 0) is 14.0 Å². The summed E-state index contributed by atoms with van der Waals surface area (Å²) >= 11 is 5.59. The van der Waals surface area contributed by atoms with E-state index in [1.165, 1.54) is 0 Å². The summed E-state index contributed by atoms with van der Waals surface area (Å²) in [5, 5.41) is 10.5. The number of nitriles is 1. The number of rotatable bonds is 5. The van der Waals surface area contributed by atoms with Crippen LogP contribution in [0.15, 0.2) is 0 Å². The average molecular weight is 204 g/mol. The van der Waals surface area contributed by atoms with Crippen LogP contribution in [-0.4, -0.2) is 42.9 Å². The minimum atomic E-state index is -0.556. The molecule has 0 saturated carbocycles. The molecule has 0 bridgehead atoms. The molecular weight excluding hydrogens is 190 g/mol. The van der Waals surface area contributed by atoms with Gasteiger partial charge in [-0.1, -0.05) is 0 Å². The van der Waals surface area contributed by atoms with E-state index < -0.39 is 5.38 Å². The predicted octanol–water partition coefficient (Wildman–Crippen LogP) is 0.185. The van der Waals surface area contributed by atoms with Gasteiger partial charge >= 0.3 is 0 Å². The molecule has 0 heterocycles. The largest absolute Gasteiger partial charge is 0.355 e. The Morgan fingerprint density at radius 2 is 2.38 bits per heavy atom. The molecule has 0 aliphatic rings. The van der Waals surface area contributed by atoms with Crippen molar-refractivity contribution in [2.45, 2.75) is 12.3 Å². The summed E-state index contributed by atoms with van der Waals surface area (Å²) in [6.45, 7) is 3.15. The third-order valence-electron chi connectivity index (χ3n) is 1.40. The number of likely N-dealkylation sites (N-methyl/N-ethyl adjacent to an activating group) is 2. The first-order chi connectivity index (χ1) is 6.10. The van der Waals surface area contributed by atoms with Gasteiger partial charge in [-0.15, -0.1) is 11.6 Å². The zero-order valence-corrected chi connectivity index (χ0v) is 8.64. The Hall–Kier alpha value is -0.790. The number of amides is 1. The smallest absolute Gasteiger partial charge is 0.234 e. The van der Waals surface area contributed by atoms with Crippen LogP contribution in [-0.2, 0) is 4.79 Å². The highest BCUT2D eigenvalue weighted by atomic mass is 35.5. The maximum absolute atomic E-state index is 11.0. The Morgan fingerprint density at radius 3 is 2.85 bits per heavy atom. The fourth-order valence-corrected chi connectivity index (χ4v) is 1.11. The molecule has 0 rings (SSSR count). The first-order valence-corrected chi connectivity index (χ1v) is 4.52. The van der Waals surface area contributed by atoms with Gasteiger partial charge in [-0.2, -0.15) is 5.26 Å². The molecule has 0 aliphatic carbocycles. The number of hydrogen-bond acceptors (Lipinski definition) is 3. The van der Waals surface area contributed by atoms with Crippen molar-refractivity contribution in [1.82, 2.24) is 10.2 Å². The van der Waals surface area contributed by atoms with Gasteiger partial charge in [0, 0.05) is 13.1 Å². The van der Waals surface area contributed by atoms with Crippen LogP contribution in [0.3, 0.4) is 0 Å². The standard InChI is InChI=1S/C8H14ClN3O/c1-3-11-8(13)6-12(2)5-7(9)4-10/h7H,3,5-6H2,1-2H3,(H,11,13). The quantitative estimate of drug-likeness (QED) is 0.649. The molecule has 1 unspecified atom stereocenters. The number of halogens is 1. The predicted molar refractivity (Wildman–Crippen MR) is 51.4 cm³/mol. The van der Waals surface area contributed by atoms with E-state index in [4.69, 9.17) is 16.9 Å². The van der Waals surface area contributed by atoms with Crippen molar-refractivity contribution in [1.29, 1.82) is 5.26 Å². The summed E-state index contributed by atoms with van der Waals surface area (Å²) in [6, 6.07) is 1.89. The van der Waals surface area contributed by atoms with Gasteiger partial charge in [0.05, 0.1) is 12.6 Å². The topological polar surface area (TPSA) is 56.1 Å². The number of nitrogens with zero attached hydrogens (tertiary/aromatic N) is 2. The number of carbonyl (C=O) groups is 1.